The van der Waals surface area contributed by atoms with Crippen LogP contribution in [0.25, 0.3) is 0 Å². The number of anilines is 1. The van der Waals surface area contributed by atoms with Crippen LogP contribution in [-0.2, 0) is 0 Å². The number of halogens is 2. The molecule has 0 aliphatic rings. The van der Waals surface area contributed by atoms with Gasteiger partial charge in [0, 0.05) is 5.56 Å². The number of phenolic OH excluding ortho intramolecular Hbond substituents is 2. The van der Waals surface area contributed by atoms with Crippen LogP contribution < -0.4 is 11.3 Å². The predicted octanol–water partition coefficient (Wildman–Crippen LogP) is 1.37. The van der Waals surface area contributed by atoms with Gasteiger partial charge in [-0.1, -0.05) is 0 Å². The quantitative estimate of drug-likeness (QED) is 0.356. The Morgan fingerprint density at radius 2 is 2.11 bits per heavy atom. The van der Waals surface area contributed by atoms with Crippen molar-refractivity contribution in [1.29, 1.82) is 0 Å². The third-order valence-electron chi connectivity index (χ3n) is 2.14. The molecule has 1 aromatic heterocycles. The number of nitrogens with one attached hydrogen (secondary N) is 1. The van der Waals surface area contributed by atoms with Crippen LogP contribution in [-0.4, -0.2) is 31.3 Å². The Bertz CT molecular complexity index is 642. The van der Waals surface area contributed by atoms with Gasteiger partial charge in [0.2, 0.25) is 0 Å². The number of rotatable bonds is 3. The first-order chi connectivity index (χ1) is 9.00. The molecule has 8 nitrogen and oxygen atoms in total. The average Bonchev–Trinajstić information content (AvgIpc) is 2.79. The summed E-state index contributed by atoms with van der Waals surface area (Å²) in [5.41, 5.74) is 2.93. The molecule has 0 unspecified atom stereocenters. The minimum atomic E-state index is -0.138. The van der Waals surface area contributed by atoms with E-state index in [9.17, 15) is 10.2 Å². The van der Waals surface area contributed by atoms with E-state index < -0.39 is 0 Å². The lowest BCUT2D eigenvalue weighted by Crippen LogP contribution is -2.10. The number of benzene rings is 1. The van der Waals surface area contributed by atoms with Gasteiger partial charge in [0.25, 0.3) is 5.95 Å². The second kappa shape index (κ2) is 5.45. The van der Waals surface area contributed by atoms with Gasteiger partial charge in [-0.15, -0.1) is 10.2 Å². The first-order valence-electron chi connectivity index (χ1n) is 4.84. The molecule has 10 heteroatoms. The number of aromatic nitrogens is 3. The molecule has 0 atom stereocenters. The molecule has 0 aliphatic carbocycles. The third kappa shape index (κ3) is 2.79. The van der Waals surface area contributed by atoms with Crippen molar-refractivity contribution in [2.24, 2.45) is 5.10 Å². The van der Waals surface area contributed by atoms with Crippen molar-refractivity contribution in [1.82, 2.24) is 14.9 Å². The Kier molecular flexibility index (Phi) is 3.90. The molecule has 0 amide bonds. The standard InChI is InChI=1S/C9H8Br2N6O2/c10-5-1-4(7(18)6(11)8(5)19)2-13-15-9-16-14-3-17(9)12/h1-3,18-19H,12H2,(H,15,16)/b13-2+. The maximum Gasteiger partial charge on any atom is 0.263 e. The SMILES string of the molecule is Nn1cnnc1N/N=C/c1cc(Br)c(O)c(Br)c1O. The Hall–Kier alpha value is -1.81. The number of nitrogens with zero attached hydrogens (tertiary/aromatic N) is 4. The van der Waals surface area contributed by atoms with Crippen molar-refractivity contribution < 1.29 is 10.2 Å². The van der Waals surface area contributed by atoms with Crippen LogP contribution in [0.4, 0.5) is 5.95 Å². The molecule has 0 spiro atoms. The van der Waals surface area contributed by atoms with E-state index in [2.05, 4.69) is 52.6 Å². The summed E-state index contributed by atoms with van der Waals surface area (Å²) in [6.07, 6.45) is 2.65. The predicted molar refractivity (Wildman–Crippen MR) is 76.6 cm³/mol. The Morgan fingerprint density at radius 3 is 2.74 bits per heavy atom. The van der Waals surface area contributed by atoms with Crippen LogP contribution in [0.15, 0.2) is 26.4 Å². The van der Waals surface area contributed by atoms with Gasteiger partial charge in [-0.25, -0.2) is 10.1 Å². The van der Waals surface area contributed by atoms with E-state index in [-0.39, 0.29) is 21.9 Å². The van der Waals surface area contributed by atoms with Gasteiger partial charge in [0.1, 0.15) is 22.3 Å². The number of phenols is 2. The molecule has 1 heterocycles. The van der Waals surface area contributed by atoms with E-state index in [0.29, 0.717) is 10.0 Å². The van der Waals surface area contributed by atoms with Crippen molar-refractivity contribution in [2.75, 3.05) is 11.3 Å². The fourth-order valence-electron chi connectivity index (χ4n) is 1.20. The monoisotopic (exact) mass is 390 g/mol. The second-order valence-electron chi connectivity index (χ2n) is 3.39. The summed E-state index contributed by atoms with van der Waals surface area (Å²) in [5, 5.41) is 30.5. The number of hydrogen-bond donors (Lipinski definition) is 4. The van der Waals surface area contributed by atoms with Crippen molar-refractivity contribution in [3.05, 3.63) is 26.9 Å². The van der Waals surface area contributed by atoms with Crippen LogP contribution >= 0.6 is 31.9 Å². The molecule has 2 aromatic rings. The van der Waals surface area contributed by atoms with Crippen molar-refractivity contribution in [3.63, 3.8) is 0 Å². The van der Waals surface area contributed by atoms with E-state index in [4.69, 9.17) is 5.84 Å². The topological polar surface area (TPSA) is 122 Å². The molecular weight excluding hydrogens is 384 g/mol. The summed E-state index contributed by atoms with van der Waals surface area (Å²) in [7, 11) is 0. The van der Waals surface area contributed by atoms with Gasteiger partial charge in [-0.05, 0) is 37.9 Å². The summed E-state index contributed by atoms with van der Waals surface area (Å²) >= 11 is 6.22. The van der Waals surface area contributed by atoms with Gasteiger partial charge >= 0.3 is 0 Å². The van der Waals surface area contributed by atoms with E-state index in [0.717, 1.165) is 4.68 Å². The van der Waals surface area contributed by atoms with Gasteiger partial charge in [0.15, 0.2) is 0 Å². The first-order valence-corrected chi connectivity index (χ1v) is 6.43. The van der Waals surface area contributed by atoms with Crippen molar-refractivity contribution in [2.45, 2.75) is 0 Å². The zero-order chi connectivity index (χ0) is 14.0. The molecule has 0 saturated carbocycles. The maximum atomic E-state index is 9.81. The summed E-state index contributed by atoms with van der Waals surface area (Å²) < 4.78 is 1.74. The minimum Gasteiger partial charge on any atom is -0.506 e. The average molecular weight is 392 g/mol. The van der Waals surface area contributed by atoms with Crippen LogP contribution in [0.3, 0.4) is 0 Å². The van der Waals surface area contributed by atoms with Gasteiger partial charge < -0.3 is 16.1 Å². The van der Waals surface area contributed by atoms with Gasteiger partial charge in [-0.2, -0.15) is 5.10 Å². The van der Waals surface area contributed by atoms with Crippen LogP contribution in [0, 0.1) is 0 Å². The highest BCUT2D eigenvalue weighted by Crippen LogP contribution is 2.40. The Labute approximate surface area is 124 Å². The molecule has 5 N–H and O–H groups in total. The molecule has 100 valence electrons. The highest BCUT2D eigenvalue weighted by molar-refractivity contribution is 9.11. The summed E-state index contributed by atoms with van der Waals surface area (Å²) in [5.74, 6) is 5.49. The van der Waals surface area contributed by atoms with Gasteiger partial charge in [0.05, 0.1) is 10.7 Å². The Balaban J connectivity index is 2.22. The van der Waals surface area contributed by atoms with Crippen LogP contribution in [0.5, 0.6) is 11.5 Å². The lowest BCUT2D eigenvalue weighted by atomic mass is 10.2. The molecule has 1 aromatic carbocycles. The molecular formula is C9H8Br2N6O2. The lowest BCUT2D eigenvalue weighted by Gasteiger charge is -2.06. The normalized spacial score (nSPS) is 11.1. The zero-order valence-corrected chi connectivity index (χ0v) is 12.4. The number of hydrazone groups is 1. The first kappa shape index (κ1) is 13.6. The molecule has 0 aliphatic heterocycles. The highest BCUT2D eigenvalue weighted by atomic mass is 79.9. The summed E-state index contributed by atoms with van der Waals surface area (Å²) in [6.45, 7) is 0. The number of nitrogen functional groups attached to an aromatic ring is 1. The van der Waals surface area contributed by atoms with E-state index >= 15 is 0 Å². The number of nitrogens with two attached hydrogens (primary N) is 1. The summed E-state index contributed by atoms with van der Waals surface area (Å²) in [4.78, 5) is 0. The largest absolute Gasteiger partial charge is 0.506 e. The molecule has 0 radical (unpaired) electrons. The van der Waals surface area contributed by atoms with Crippen LogP contribution in [0.2, 0.25) is 0 Å². The van der Waals surface area contributed by atoms with E-state index in [1.807, 2.05) is 0 Å². The maximum absolute atomic E-state index is 9.81. The molecule has 19 heavy (non-hydrogen) atoms. The second-order valence-corrected chi connectivity index (χ2v) is 5.04. The van der Waals surface area contributed by atoms with Crippen molar-refractivity contribution in [3.8, 4) is 11.5 Å². The smallest absolute Gasteiger partial charge is 0.263 e. The van der Waals surface area contributed by atoms with Crippen LogP contribution in [0.1, 0.15) is 5.56 Å². The minimum absolute atomic E-state index is 0.0932. The number of hydrogen-bond acceptors (Lipinski definition) is 7. The van der Waals surface area contributed by atoms with Gasteiger partial charge in [-0.3, -0.25) is 0 Å². The molecule has 0 bridgehead atoms. The summed E-state index contributed by atoms with van der Waals surface area (Å²) in [6, 6.07) is 1.51. The fraction of sp³-hybridized carbons (Fsp3) is 0. The van der Waals surface area contributed by atoms with E-state index in [1.54, 1.807) is 0 Å². The highest BCUT2D eigenvalue weighted by Gasteiger charge is 2.12. The molecule has 0 saturated heterocycles. The third-order valence-corrected chi connectivity index (χ3v) is 3.49. The Morgan fingerprint density at radius 1 is 1.37 bits per heavy atom. The molecule has 0 fully saturated rings. The number of aromatic hydroxyl groups is 2. The molecule has 2 rings (SSSR count). The fourth-order valence-corrected chi connectivity index (χ4v) is 2.35. The van der Waals surface area contributed by atoms with E-state index in [1.165, 1.54) is 18.6 Å². The lowest BCUT2D eigenvalue weighted by molar-refractivity contribution is 0.442. The van der Waals surface area contributed by atoms with Crippen molar-refractivity contribution >= 4 is 44.0 Å². The zero-order valence-electron chi connectivity index (χ0n) is 9.25.